The fourth-order valence-electron chi connectivity index (χ4n) is 2.51. The molecule has 2 aromatic carbocycles. The van der Waals surface area contributed by atoms with E-state index >= 15 is 0 Å². The molecular weight excluding hydrogens is 364 g/mol. The van der Waals surface area contributed by atoms with Crippen molar-refractivity contribution >= 4 is 28.1 Å². The van der Waals surface area contributed by atoms with Gasteiger partial charge < -0.3 is 4.74 Å². The van der Waals surface area contributed by atoms with Gasteiger partial charge in [-0.1, -0.05) is 59.9 Å². The summed E-state index contributed by atoms with van der Waals surface area (Å²) in [5.41, 5.74) is 1.36. The lowest BCUT2D eigenvalue weighted by molar-refractivity contribution is 0.304. The number of hydrogen-bond donors (Lipinski definition) is 0. The van der Waals surface area contributed by atoms with Crippen molar-refractivity contribution in [3.05, 3.63) is 77.1 Å². The van der Waals surface area contributed by atoms with Crippen LogP contribution >= 0.6 is 23.1 Å². The van der Waals surface area contributed by atoms with E-state index in [4.69, 9.17) is 4.74 Å². The molecule has 0 N–H and O–H groups in total. The molecule has 2 aromatic heterocycles. The quantitative estimate of drug-likeness (QED) is 0.427. The molecule has 0 aliphatic carbocycles. The maximum atomic E-state index is 5.76. The van der Waals surface area contributed by atoms with Crippen LogP contribution in [0.4, 0.5) is 0 Å². The van der Waals surface area contributed by atoms with Gasteiger partial charge in [-0.2, -0.15) is 21.4 Å². The van der Waals surface area contributed by atoms with Gasteiger partial charge in [0.15, 0.2) is 10.8 Å². The second-order valence-corrected chi connectivity index (χ2v) is 7.84. The van der Waals surface area contributed by atoms with Crippen LogP contribution in [0, 0.1) is 0 Å². The molecule has 4 aromatic rings. The van der Waals surface area contributed by atoms with E-state index in [2.05, 4.69) is 39.6 Å². The van der Waals surface area contributed by atoms with E-state index < -0.39 is 0 Å². The summed E-state index contributed by atoms with van der Waals surface area (Å²) in [5.74, 6) is 3.58. The van der Waals surface area contributed by atoms with Crippen molar-refractivity contribution in [2.75, 3.05) is 5.75 Å². The van der Waals surface area contributed by atoms with Crippen LogP contribution < -0.4 is 4.74 Å². The van der Waals surface area contributed by atoms with Gasteiger partial charge in [0, 0.05) is 0 Å². The number of aromatic nitrogens is 4. The van der Waals surface area contributed by atoms with E-state index in [9.17, 15) is 0 Å². The van der Waals surface area contributed by atoms with Crippen molar-refractivity contribution < 1.29 is 4.74 Å². The number of ether oxygens (including phenoxy) is 1. The van der Waals surface area contributed by atoms with Gasteiger partial charge in [0.2, 0.25) is 4.96 Å². The minimum Gasteiger partial charge on any atom is -0.486 e. The van der Waals surface area contributed by atoms with Crippen molar-refractivity contribution in [3.63, 3.8) is 0 Å². The lowest BCUT2D eigenvalue weighted by Crippen LogP contribution is -1.99. The number of aryl methyl sites for hydroxylation is 1. The molecule has 0 saturated heterocycles. The van der Waals surface area contributed by atoms with Gasteiger partial charge in [-0.05, 0) is 29.9 Å². The molecule has 0 atom stereocenters. The second-order valence-electron chi connectivity index (χ2n) is 5.70. The van der Waals surface area contributed by atoms with Gasteiger partial charge in [-0.15, -0.1) is 10.2 Å². The molecule has 0 fully saturated rings. The first-order valence-corrected chi connectivity index (χ1v) is 10.3. The molecule has 0 aliphatic rings. The Kier molecular flexibility index (Phi) is 5.47. The predicted octanol–water partition coefficient (Wildman–Crippen LogP) is 4.24. The van der Waals surface area contributed by atoms with E-state index in [0.717, 1.165) is 39.5 Å². The fourth-order valence-corrected chi connectivity index (χ4v) is 4.16. The molecule has 132 valence electrons. The average molecular weight is 383 g/mol. The van der Waals surface area contributed by atoms with Crippen LogP contribution in [0.15, 0.2) is 60.7 Å². The zero-order chi connectivity index (χ0) is 17.6. The van der Waals surface area contributed by atoms with E-state index in [1.54, 1.807) is 0 Å². The maximum absolute atomic E-state index is 5.76. The van der Waals surface area contributed by atoms with Gasteiger partial charge in [0.1, 0.15) is 12.4 Å². The molecule has 0 unspecified atom stereocenters. The van der Waals surface area contributed by atoms with Gasteiger partial charge in [0.25, 0.3) is 0 Å². The van der Waals surface area contributed by atoms with Crippen molar-refractivity contribution in [1.82, 2.24) is 19.8 Å². The van der Waals surface area contributed by atoms with Gasteiger partial charge >= 0.3 is 0 Å². The summed E-state index contributed by atoms with van der Waals surface area (Å²) >= 11 is 3.37. The summed E-state index contributed by atoms with van der Waals surface area (Å²) in [7, 11) is 0. The number of nitrogens with zero attached hydrogens (tertiary/aromatic N) is 4. The van der Waals surface area contributed by atoms with Gasteiger partial charge in [-0.25, -0.2) is 0 Å². The van der Waals surface area contributed by atoms with E-state index in [1.165, 1.54) is 16.9 Å². The smallest absolute Gasteiger partial charge is 0.234 e. The number of para-hydroxylation sites is 1. The summed E-state index contributed by atoms with van der Waals surface area (Å²) < 4.78 is 7.60. The zero-order valence-electron chi connectivity index (χ0n) is 14.1. The minimum absolute atomic E-state index is 0.443. The number of hydrogen-bond acceptors (Lipinski definition) is 6. The summed E-state index contributed by atoms with van der Waals surface area (Å²) in [5, 5.41) is 14.0. The Morgan fingerprint density at radius 3 is 2.54 bits per heavy atom. The third-order valence-corrected chi connectivity index (χ3v) is 5.64. The van der Waals surface area contributed by atoms with E-state index in [-0.39, 0.29) is 0 Å². The van der Waals surface area contributed by atoms with Crippen molar-refractivity contribution in [1.29, 1.82) is 0 Å². The SMILES string of the molecule is c1ccc(CCSCc2nnc3sc(COc4ccccc4)nn23)cc1. The first-order valence-electron chi connectivity index (χ1n) is 8.38. The van der Waals surface area contributed by atoms with Crippen LogP contribution in [0.2, 0.25) is 0 Å². The number of thioether (sulfide) groups is 1. The molecule has 0 radical (unpaired) electrons. The highest BCUT2D eigenvalue weighted by Gasteiger charge is 2.12. The lowest BCUT2D eigenvalue weighted by atomic mass is 10.2. The van der Waals surface area contributed by atoms with Crippen LogP contribution in [0.1, 0.15) is 16.4 Å². The highest BCUT2D eigenvalue weighted by atomic mass is 32.2. The molecular formula is C19H18N4OS2. The highest BCUT2D eigenvalue weighted by Crippen LogP contribution is 2.19. The Morgan fingerprint density at radius 2 is 1.73 bits per heavy atom. The Balaban J connectivity index is 1.32. The third-order valence-electron chi connectivity index (χ3n) is 3.81. The molecule has 26 heavy (non-hydrogen) atoms. The molecule has 0 spiro atoms. The molecule has 5 nitrogen and oxygen atoms in total. The highest BCUT2D eigenvalue weighted by molar-refractivity contribution is 7.98. The minimum atomic E-state index is 0.443. The monoisotopic (exact) mass is 382 g/mol. The zero-order valence-corrected chi connectivity index (χ0v) is 15.7. The Hall–Kier alpha value is -2.38. The van der Waals surface area contributed by atoms with E-state index in [0.29, 0.717) is 6.61 Å². The van der Waals surface area contributed by atoms with E-state index in [1.807, 2.05) is 52.7 Å². The second kappa shape index (κ2) is 8.33. The molecule has 0 saturated carbocycles. The molecule has 0 amide bonds. The molecule has 2 heterocycles. The summed E-state index contributed by atoms with van der Waals surface area (Å²) in [4.78, 5) is 0.815. The molecule has 0 bridgehead atoms. The largest absolute Gasteiger partial charge is 0.486 e. The maximum Gasteiger partial charge on any atom is 0.234 e. The van der Waals surface area contributed by atoms with Crippen LogP contribution in [0.5, 0.6) is 5.75 Å². The molecule has 4 rings (SSSR count). The van der Waals surface area contributed by atoms with Crippen molar-refractivity contribution in [2.24, 2.45) is 0 Å². The Morgan fingerprint density at radius 1 is 0.962 bits per heavy atom. The molecule has 7 heteroatoms. The molecule has 0 aliphatic heterocycles. The van der Waals surface area contributed by atoms with Gasteiger partial charge in [0.05, 0.1) is 5.75 Å². The Bertz CT molecular complexity index is 954. The number of benzene rings is 2. The van der Waals surface area contributed by atoms with Crippen molar-refractivity contribution in [2.45, 2.75) is 18.8 Å². The van der Waals surface area contributed by atoms with Crippen LogP contribution in [-0.2, 0) is 18.8 Å². The van der Waals surface area contributed by atoms with Gasteiger partial charge in [-0.3, -0.25) is 0 Å². The first-order chi connectivity index (χ1) is 12.9. The summed E-state index contributed by atoms with van der Waals surface area (Å²) in [6.07, 6.45) is 1.06. The van der Waals surface area contributed by atoms with Crippen molar-refractivity contribution in [3.8, 4) is 5.75 Å². The summed E-state index contributed by atoms with van der Waals surface area (Å²) in [6, 6.07) is 20.3. The fraction of sp³-hybridized carbons (Fsp3) is 0.211. The van der Waals surface area contributed by atoms with Crippen LogP contribution in [0.3, 0.4) is 0 Å². The average Bonchev–Trinajstić information content (AvgIpc) is 3.26. The Labute approximate surface area is 160 Å². The summed E-state index contributed by atoms with van der Waals surface area (Å²) in [6.45, 7) is 0.443. The van der Waals surface area contributed by atoms with Crippen LogP contribution in [0.25, 0.3) is 4.96 Å². The lowest BCUT2D eigenvalue weighted by Gasteiger charge is -2.02. The van der Waals surface area contributed by atoms with Crippen LogP contribution in [-0.4, -0.2) is 25.6 Å². The number of fused-ring (bicyclic) bond motifs is 1. The third kappa shape index (κ3) is 4.23. The standard InChI is InChI=1S/C19H18N4OS2/c1-3-7-15(8-4-1)11-12-25-14-17-20-21-19-23(17)22-18(26-19)13-24-16-9-5-2-6-10-16/h1-10H,11-14H2. The topological polar surface area (TPSA) is 52.3 Å². The number of rotatable bonds is 8. The predicted molar refractivity (Wildman–Crippen MR) is 106 cm³/mol. The normalized spacial score (nSPS) is 11.1. The first kappa shape index (κ1) is 17.1.